The molecule has 0 radical (unpaired) electrons. The maximum Gasteiger partial charge on any atom is 0.200 e. The summed E-state index contributed by atoms with van der Waals surface area (Å²) in [4.78, 5) is 11.6. The molecule has 2 aromatic carbocycles. The van der Waals surface area contributed by atoms with Gasteiger partial charge >= 0.3 is 0 Å². The van der Waals surface area contributed by atoms with Crippen molar-refractivity contribution in [1.29, 1.82) is 0 Å². The molecule has 0 atom stereocenters. The molecule has 0 saturated heterocycles. The van der Waals surface area contributed by atoms with E-state index in [4.69, 9.17) is 0 Å². The SMILES string of the molecule is O=C(/C=C/c1ccc(F)cc1)c1c(F)c(F)c(F)c(F)c1F. The molecule has 0 saturated carbocycles. The van der Waals surface area contributed by atoms with Gasteiger partial charge in [0.05, 0.1) is 5.56 Å². The van der Waals surface area contributed by atoms with Crippen LogP contribution in [0.2, 0.25) is 0 Å². The number of halogens is 6. The normalized spacial score (nSPS) is 11.2. The molecule has 0 aliphatic heterocycles. The van der Waals surface area contributed by atoms with E-state index in [2.05, 4.69) is 0 Å². The lowest BCUT2D eigenvalue weighted by Gasteiger charge is -2.05. The zero-order chi connectivity index (χ0) is 16.4. The molecule has 0 aromatic heterocycles. The highest BCUT2D eigenvalue weighted by atomic mass is 19.2. The van der Waals surface area contributed by atoms with Crippen LogP contribution in [-0.2, 0) is 0 Å². The van der Waals surface area contributed by atoms with E-state index in [0.717, 1.165) is 18.2 Å². The highest BCUT2D eigenvalue weighted by Gasteiger charge is 2.28. The Morgan fingerprint density at radius 3 is 1.68 bits per heavy atom. The minimum atomic E-state index is -2.34. The quantitative estimate of drug-likeness (QED) is 0.269. The van der Waals surface area contributed by atoms with Crippen molar-refractivity contribution in [2.45, 2.75) is 0 Å². The van der Waals surface area contributed by atoms with Crippen LogP contribution in [-0.4, -0.2) is 5.78 Å². The molecule has 1 nitrogen and oxygen atoms in total. The van der Waals surface area contributed by atoms with Gasteiger partial charge in [-0.2, -0.15) is 0 Å². The minimum Gasteiger partial charge on any atom is -0.289 e. The van der Waals surface area contributed by atoms with Crippen molar-refractivity contribution in [3.63, 3.8) is 0 Å². The molecule has 0 unspecified atom stereocenters. The number of benzene rings is 2. The Balaban J connectivity index is 2.40. The van der Waals surface area contributed by atoms with E-state index in [9.17, 15) is 31.1 Å². The van der Waals surface area contributed by atoms with Crippen molar-refractivity contribution >= 4 is 11.9 Å². The first-order chi connectivity index (χ1) is 10.3. The van der Waals surface area contributed by atoms with Crippen LogP contribution in [0.15, 0.2) is 30.3 Å². The summed E-state index contributed by atoms with van der Waals surface area (Å²) in [6, 6.07) is 4.67. The maximum absolute atomic E-state index is 13.4. The van der Waals surface area contributed by atoms with Crippen LogP contribution in [0.1, 0.15) is 15.9 Å². The second-order valence-corrected chi connectivity index (χ2v) is 4.19. The molecule has 7 heteroatoms. The van der Waals surface area contributed by atoms with Gasteiger partial charge in [0.15, 0.2) is 29.1 Å². The first kappa shape index (κ1) is 15.8. The molecule has 0 bridgehead atoms. The summed E-state index contributed by atoms with van der Waals surface area (Å²) < 4.78 is 78.3. The molecule has 0 N–H and O–H groups in total. The number of rotatable bonds is 3. The summed E-state index contributed by atoms with van der Waals surface area (Å²) in [5, 5.41) is 0. The van der Waals surface area contributed by atoms with Crippen molar-refractivity contribution in [3.05, 3.63) is 76.4 Å². The van der Waals surface area contributed by atoms with Crippen molar-refractivity contribution in [3.8, 4) is 0 Å². The van der Waals surface area contributed by atoms with Gasteiger partial charge in [-0.25, -0.2) is 26.3 Å². The first-order valence-corrected chi connectivity index (χ1v) is 5.82. The summed E-state index contributed by atoms with van der Waals surface area (Å²) in [5.41, 5.74) is -1.24. The molecule has 0 fully saturated rings. The number of hydrogen-bond donors (Lipinski definition) is 0. The number of carbonyl (C=O) groups is 1. The Bertz CT molecular complexity index is 736. The van der Waals surface area contributed by atoms with Crippen LogP contribution in [0.25, 0.3) is 6.08 Å². The summed E-state index contributed by atoms with van der Waals surface area (Å²) in [6.07, 6.45) is 1.69. The van der Waals surface area contributed by atoms with E-state index < -0.39 is 46.3 Å². The lowest BCUT2D eigenvalue weighted by Crippen LogP contribution is -2.11. The molecular weight excluding hydrogens is 310 g/mol. The lowest BCUT2D eigenvalue weighted by atomic mass is 10.1. The average Bonchev–Trinajstić information content (AvgIpc) is 2.50. The largest absolute Gasteiger partial charge is 0.289 e. The van der Waals surface area contributed by atoms with Gasteiger partial charge in [0.2, 0.25) is 5.82 Å². The number of hydrogen-bond acceptors (Lipinski definition) is 1. The van der Waals surface area contributed by atoms with Crippen LogP contribution < -0.4 is 0 Å². The standard InChI is InChI=1S/C15H6F6O/c16-8-4-1-7(2-5-8)3-6-9(22)10-11(17)13(19)15(21)14(20)12(10)18/h1-6H/b6-3+. The molecule has 2 rings (SSSR count). The number of allylic oxidation sites excluding steroid dienone is 1. The van der Waals surface area contributed by atoms with E-state index in [0.29, 0.717) is 11.6 Å². The minimum absolute atomic E-state index is 0.304. The number of ketones is 1. The van der Waals surface area contributed by atoms with Crippen molar-refractivity contribution < 1.29 is 31.1 Å². The fourth-order valence-corrected chi connectivity index (χ4v) is 1.65. The van der Waals surface area contributed by atoms with Gasteiger partial charge in [0, 0.05) is 0 Å². The van der Waals surface area contributed by atoms with E-state index in [-0.39, 0.29) is 0 Å². The van der Waals surface area contributed by atoms with Crippen molar-refractivity contribution in [2.75, 3.05) is 0 Å². The molecule has 0 aliphatic rings. The Labute approximate surface area is 120 Å². The van der Waals surface area contributed by atoms with Gasteiger partial charge in [-0.3, -0.25) is 4.79 Å². The van der Waals surface area contributed by atoms with Gasteiger partial charge in [-0.05, 0) is 23.8 Å². The first-order valence-electron chi connectivity index (χ1n) is 5.82. The van der Waals surface area contributed by atoms with E-state index in [1.165, 1.54) is 12.1 Å². The highest BCUT2D eigenvalue weighted by molar-refractivity contribution is 6.07. The zero-order valence-corrected chi connectivity index (χ0v) is 10.6. The summed E-state index contributed by atoms with van der Waals surface area (Å²) in [7, 11) is 0. The predicted octanol–water partition coefficient (Wildman–Crippen LogP) is 4.42. The summed E-state index contributed by atoms with van der Waals surface area (Å²) >= 11 is 0. The third kappa shape index (κ3) is 2.88. The molecule has 22 heavy (non-hydrogen) atoms. The average molecular weight is 316 g/mol. The molecule has 0 spiro atoms. The topological polar surface area (TPSA) is 17.1 Å². The Morgan fingerprint density at radius 2 is 1.18 bits per heavy atom. The molecule has 114 valence electrons. The van der Waals surface area contributed by atoms with Crippen LogP contribution in [0.5, 0.6) is 0 Å². The molecule has 0 amide bonds. The Hall–Kier alpha value is -2.57. The van der Waals surface area contributed by atoms with Gasteiger partial charge < -0.3 is 0 Å². The highest BCUT2D eigenvalue weighted by Crippen LogP contribution is 2.23. The molecule has 0 heterocycles. The Morgan fingerprint density at radius 1 is 0.727 bits per heavy atom. The van der Waals surface area contributed by atoms with Crippen LogP contribution >= 0.6 is 0 Å². The second kappa shape index (κ2) is 6.05. The van der Waals surface area contributed by atoms with Gasteiger partial charge in [0.25, 0.3) is 0 Å². The molecule has 2 aromatic rings. The van der Waals surface area contributed by atoms with E-state index >= 15 is 0 Å². The summed E-state index contributed by atoms with van der Waals surface area (Å²) in [6.45, 7) is 0. The van der Waals surface area contributed by atoms with Crippen LogP contribution in [0, 0.1) is 34.9 Å². The van der Waals surface area contributed by atoms with Crippen LogP contribution in [0.4, 0.5) is 26.3 Å². The van der Waals surface area contributed by atoms with E-state index in [1.807, 2.05) is 0 Å². The maximum atomic E-state index is 13.4. The van der Waals surface area contributed by atoms with E-state index in [1.54, 1.807) is 0 Å². The van der Waals surface area contributed by atoms with Crippen molar-refractivity contribution in [1.82, 2.24) is 0 Å². The van der Waals surface area contributed by atoms with Gasteiger partial charge in [-0.1, -0.05) is 18.2 Å². The fraction of sp³-hybridized carbons (Fsp3) is 0. The zero-order valence-electron chi connectivity index (χ0n) is 10.6. The smallest absolute Gasteiger partial charge is 0.200 e. The lowest BCUT2D eigenvalue weighted by molar-refractivity contribution is 0.103. The summed E-state index contributed by atoms with van der Waals surface area (Å²) in [5.74, 6) is -13.1. The third-order valence-electron chi connectivity index (χ3n) is 2.75. The fourth-order valence-electron chi connectivity index (χ4n) is 1.65. The predicted molar refractivity (Wildman–Crippen MR) is 66.0 cm³/mol. The van der Waals surface area contributed by atoms with Crippen LogP contribution in [0.3, 0.4) is 0 Å². The van der Waals surface area contributed by atoms with Gasteiger partial charge in [-0.15, -0.1) is 0 Å². The van der Waals surface area contributed by atoms with Crippen molar-refractivity contribution in [2.24, 2.45) is 0 Å². The number of carbonyl (C=O) groups excluding carboxylic acids is 1. The molecular formula is C15H6F6O. The Kier molecular flexibility index (Phi) is 4.35. The molecule has 0 aliphatic carbocycles. The third-order valence-corrected chi connectivity index (χ3v) is 2.75. The monoisotopic (exact) mass is 316 g/mol. The second-order valence-electron chi connectivity index (χ2n) is 4.19. The van der Waals surface area contributed by atoms with Gasteiger partial charge in [0.1, 0.15) is 5.82 Å².